The van der Waals surface area contributed by atoms with Gasteiger partial charge in [0.05, 0.1) is 5.56 Å². The molecule has 0 bridgehead atoms. The standard InChI is InChI=1S/C22H24F3NO3.ClH/c23-22(24,25)20-19(29-13-16-7-5-15(12-26)6-8-16)10-9-17(21(20)28)18(27)11-14-3-1-2-4-14;/h5-10,14,28H,1-4,11-13,26H2;1H. The molecule has 3 rings (SSSR count). The molecule has 164 valence electrons. The number of benzene rings is 2. The van der Waals surface area contributed by atoms with Gasteiger partial charge in [-0.3, -0.25) is 4.79 Å². The number of aromatic hydroxyl groups is 1. The van der Waals surface area contributed by atoms with Crippen molar-refractivity contribution in [2.45, 2.75) is 51.4 Å². The number of nitrogens with two attached hydrogens (primary N) is 1. The van der Waals surface area contributed by atoms with Gasteiger partial charge in [0.2, 0.25) is 0 Å². The number of ether oxygens (including phenoxy) is 1. The molecule has 2 aromatic carbocycles. The van der Waals surface area contributed by atoms with Gasteiger partial charge in [-0.2, -0.15) is 13.2 Å². The Morgan fingerprint density at radius 1 is 1.07 bits per heavy atom. The molecule has 2 aromatic rings. The van der Waals surface area contributed by atoms with Crippen molar-refractivity contribution in [2.75, 3.05) is 0 Å². The number of carbonyl (C=O) groups is 1. The molecule has 1 aliphatic rings. The maximum absolute atomic E-state index is 13.6. The minimum absolute atomic E-state index is 0. The molecule has 1 saturated carbocycles. The van der Waals surface area contributed by atoms with Gasteiger partial charge in [-0.25, -0.2) is 0 Å². The zero-order valence-electron chi connectivity index (χ0n) is 16.4. The van der Waals surface area contributed by atoms with Crippen LogP contribution >= 0.6 is 12.4 Å². The van der Waals surface area contributed by atoms with Crippen LogP contribution in [0.15, 0.2) is 36.4 Å². The molecule has 1 aliphatic carbocycles. The van der Waals surface area contributed by atoms with Crippen LogP contribution in [0.25, 0.3) is 0 Å². The average molecular weight is 444 g/mol. The third-order valence-electron chi connectivity index (χ3n) is 5.33. The van der Waals surface area contributed by atoms with E-state index in [1.807, 2.05) is 0 Å². The fraction of sp³-hybridized carbons (Fsp3) is 0.409. The summed E-state index contributed by atoms with van der Waals surface area (Å²) in [6, 6.07) is 9.30. The highest BCUT2D eigenvalue weighted by molar-refractivity contribution is 5.99. The highest BCUT2D eigenvalue weighted by atomic mass is 35.5. The Balaban J connectivity index is 0.00000320. The molecular formula is C22H25ClF3NO3. The number of phenols is 1. The normalized spacial score (nSPS) is 14.4. The second-order valence-corrected chi connectivity index (χ2v) is 7.42. The van der Waals surface area contributed by atoms with Crippen molar-refractivity contribution < 1.29 is 27.8 Å². The third-order valence-corrected chi connectivity index (χ3v) is 5.33. The molecule has 0 unspecified atom stereocenters. The van der Waals surface area contributed by atoms with Gasteiger partial charge in [-0.1, -0.05) is 49.9 Å². The third kappa shape index (κ3) is 5.67. The minimum Gasteiger partial charge on any atom is -0.506 e. The molecule has 0 aromatic heterocycles. The Morgan fingerprint density at radius 2 is 1.67 bits per heavy atom. The molecule has 0 aliphatic heterocycles. The first-order chi connectivity index (χ1) is 13.8. The van der Waals surface area contributed by atoms with E-state index in [0.717, 1.165) is 37.3 Å². The van der Waals surface area contributed by atoms with E-state index < -0.39 is 29.0 Å². The molecule has 3 N–H and O–H groups in total. The summed E-state index contributed by atoms with van der Waals surface area (Å²) >= 11 is 0. The first-order valence-electron chi connectivity index (χ1n) is 9.66. The van der Waals surface area contributed by atoms with E-state index in [9.17, 15) is 23.1 Å². The van der Waals surface area contributed by atoms with Gasteiger partial charge in [-0.15, -0.1) is 12.4 Å². The molecule has 4 nitrogen and oxygen atoms in total. The van der Waals surface area contributed by atoms with Gasteiger partial charge in [0.15, 0.2) is 5.78 Å². The van der Waals surface area contributed by atoms with Gasteiger partial charge < -0.3 is 15.6 Å². The number of ketones is 1. The van der Waals surface area contributed by atoms with Gasteiger partial charge >= 0.3 is 6.18 Å². The highest BCUT2D eigenvalue weighted by Gasteiger charge is 2.40. The number of alkyl halides is 3. The number of halogens is 4. The van der Waals surface area contributed by atoms with Crippen LogP contribution in [0.4, 0.5) is 13.2 Å². The minimum atomic E-state index is -4.85. The van der Waals surface area contributed by atoms with E-state index in [1.54, 1.807) is 24.3 Å². The van der Waals surface area contributed by atoms with E-state index in [0.29, 0.717) is 12.1 Å². The Hall–Kier alpha value is -2.25. The Bertz CT molecular complexity index is 863. The van der Waals surface area contributed by atoms with Crippen LogP contribution in [-0.2, 0) is 19.3 Å². The van der Waals surface area contributed by atoms with Crippen LogP contribution in [0.3, 0.4) is 0 Å². The number of Topliss-reactive ketones (excluding diaryl/α,β-unsaturated/α-hetero) is 1. The second kappa shape index (κ2) is 10.2. The predicted molar refractivity (Wildman–Crippen MR) is 110 cm³/mol. The first kappa shape index (κ1) is 24.0. The first-order valence-corrected chi connectivity index (χ1v) is 9.66. The molecule has 0 saturated heterocycles. The van der Waals surface area contributed by atoms with E-state index in [1.165, 1.54) is 6.07 Å². The number of phenolic OH excluding ortho intramolecular Hbond substituents is 1. The van der Waals surface area contributed by atoms with Gasteiger partial charge in [0.25, 0.3) is 0 Å². The Morgan fingerprint density at radius 3 is 2.23 bits per heavy atom. The van der Waals surface area contributed by atoms with Gasteiger partial charge in [-0.05, 0) is 29.2 Å². The molecule has 0 radical (unpaired) electrons. The SMILES string of the molecule is Cl.NCc1ccc(COc2ccc(C(=O)CC3CCCC3)c(O)c2C(F)(F)F)cc1. The summed E-state index contributed by atoms with van der Waals surface area (Å²) in [4.78, 5) is 12.5. The highest BCUT2D eigenvalue weighted by Crippen LogP contribution is 2.44. The van der Waals surface area contributed by atoms with Crippen molar-refractivity contribution in [2.24, 2.45) is 11.7 Å². The van der Waals surface area contributed by atoms with Crippen molar-refractivity contribution in [3.63, 3.8) is 0 Å². The van der Waals surface area contributed by atoms with Crippen LogP contribution < -0.4 is 10.5 Å². The number of hydrogen-bond donors (Lipinski definition) is 2. The smallest absolute Gasteiger partial charge is 0.423 e. The lowest BCUT2D eigenvalue weighted by atomic mass is 9.95. The summed E-state index contributed by atoms with van der Waals surface area (Å²) in [5, 5.41) is 10.3. The van der Waals surface area contributed by atoms with Crippen LogP contribution in [-0.4, -0.2) is 10.9 Å². The Kier molecular flexibility index (Phi) is 8.15. The molecule has 0 amide bonds. The number of hydrogen-bond acceptors (Lipinski definition) is 4. The van der Waals surface area contributed by atoms with Crippen molar-refractivity contribution in [1.29, 1.82) is 0 Å². The molecule has 0 heterocycles. The average Bonchev–Trinajstić information content (AvgIpc) is 3.18. The molecule has 30 heavy (non-hydrogen) atoms. The summed E-state index contributed by atoms with van der Waals surface area (Å²) in [5.74, 6) is -1.86. The number of rotatable bonds is 7. The van der Waals surface area contributed by atoms with E-state index >= 15 is 0 Å². The summed E-state index contributed by atoms with van der Waals surface area (Å²) in [6.07, 6.45) is -0.871. The molecule has 8 heteroatoms. The van der Waals surface area contributed by atoms with E-state index in [-0.39, 0.29) is 36.9 Å². The lowest BCUT2D eigenvalue weighted by molar-refractivity contribution is -0.140. The maximum Gasteiger partial charge on any atom is 0.423 e. The monoisotopic (exact) mass is 443 g/mol. The zero-order valence-corrected chi connectivity index (χ0v) is 17.2. The summed E-state index contributed by atoms with van der Waals surface area (Å²) < 4.78 is 46.2. The van der Waals surface area contributed by atoms with Crippen molar-refractivity contribution >= 4 is 18.2 Å². The molecule has 1 fully saturated rings. The largest absolute Gasteiger partial charge is 0.506 e. The van der Waals surface area contributed by atoms with Crippen molar-refractivity contribution in [3.05, 3.63) is 58.7 Å². The van der Waals surface area contributed by atoms with E-state index in [4.69, 9.17) is 10.5 Å². The van der Waals surface area contributed by atoms with Gasteiger partial charge in [0, 0.05) is 13.0 Å². The van der Waals surface area contributed by atoms with Crippen molar-refractivity contribution in [3.8, 4) is 11.5 Å². The van der Waals surface area contributed by atoms with Gasteiger partial charge in [0.1, 0.15) is 23.7 Å². The second-order valence-electron chi connectivity index (χ2n) is 7.42. The number of carbonyl (C=O) groups excluding carboxylic acids is 1. The fourth-order valence-corrected chi connectivity index (χ4v) is 3.71. The molecule has 0 spiro atoms. The van der Waals surface area contributed by atoms with Crippen LogP contribution in [0.1, 0.15) is 59.2 Å². The quantitative estimate of drug-likeness (QED) is 0.544. The van der Waals surface area contributed by atoms with Crippen molar-refractivity contribution in [1.82, 2.24) is 0 Å². The Labute approximate surface area is 179 Å². The van der Waals surface area contributed by atoms with Crippen LogP contribution in [0.5, 0.6) is 11.5 Å². The van der Waals surface area contributed by atoms with Crippen LogP contribution in [0.2, 0.25) is 0 Å². The summed E-state index contributed by atoms with van der Waals surface area (Å²) in [7, 11) is 0. The maximum atomic E-state index is 13.6. The van der Waals surface area contributed by atoms with Crippen LogP contribution in [0, 0.1) is 5.92 Å². The molecule has 0 atom stereocenters. The zero-order chi connectivity index (χ0) is 21.0. The fourth-order valence-electron chi connectivity index (χ4n) is 3.71. The predicted octanol–water partition coefficient (Wildman–Crippen LogP) is 5.63. The topological polar surface area (TPSA) is 72.5 Å². The summed E-state index contributed by atoms with van der Waals surface area (Å²) in [5.41, 5.74) is 5.47. The lowest BCUT2D eigenvalue weighted by Gasteiger charge is -2.18. The van der Waals surface area contributed by atoms with E-state index in [2.05, 4.69) is 0 Å². The lowest BCUT2D eigenvalue weighted by Crippen LogP contribution is -2.13. The summed E-state index contributed by atoms with van der Waals surface area (Å²) in [6.45, 7) is 0.256. The molecular weight excluding hydrogens is 419 g/mol.